The summed E-state index contributed by atoms with van der Waals surface area (Å²) in [4.78, 5) is 0. The van der Waals surface area contributed by atoms with Crippen molar-refractivity contribution in [3.05, 3.63) is 0 Å². The van der Waals surface area contributed by atoms with Crippen LogP contribution in [0.3, 0.4) is 0 Å². The predicted octanol–water partition coefficient (Wildman–Crippen LogP) is -0.716. The third-order valence-electron chi connectivity index (χ3n) is 1.68. The minimum absolute atomic E-state index is 0.604. The fourth-order valence-electron chi connectivity index (χ4n) is 1.13. The molecule has 0 saturated carbocycles. The molecule has 74 valence electrons. The molecule has 0 aromatic rings. The molecule has 4 nitrogen and oxygen atoms in total. The molecule has 1 saturated heterocycles. The summed E-state index contributed by atoms with van der Waals surface area (Å²) < 4.78 is 27.2. The lowest BCUT2D eigenvalue weighted by atomic mass is 10.1. The zero-order valence-corrected chi connectivity index (χ0v) is 8.43. The maximum Gasteiger partial charge on any atom is 0.0916 e. The van der Waals surface area contributed by atoms with E-state index in [4.69, 9.17) is 13.0 Å². The van der Waals surface area contributed by atoms with E-state index in [1.807, 2.05) is 0 Å². The number of rotatable bonds is 0. The van der Waals surface area contributed by atoms with E-state index >= 15 is 0 Å². The number of hydrogen-bond acceptors (Lipinski definition) is 3. The highest BCUT2D eigenvalue weighted by Gasteiger charge is 2.08. The van der Waals surface area contributed by atoms with Crippen LogP contribution in [0.1, 0.15) is 26.2 Å². The summed E-state index contributed by atoms with van der Waals surface area (Å²) in [7, 11) is -3.92. The van der Waals surface area contributed by atoms with E-state index in [0.29, 0.717) is 6.26 Å². The van der Waals surface area contributed by atoms with Crippen LogP contribution in [0.4, 0.5) is 0 Å². The molecule has 0 radical (unpaired) electrons. The third kappa shape index (κ3) is 12.5. The van der Waals surface area contributed by atoms with Crippen LogP contribution in [0.5, 0.6) is 0 Å². The molecule has 1 heterocycles. The lowest BCUT2D eigenvalue weighted by molar-refractivity contribution is -0.694. The Morgan fingerprint density at radius 1 is 1.42 bits per heavy atom. The van der Waals surface area contributed by atoms with Gasteiger partial charge in [0.2, 0.25) is 0 Å². The van der Waals surface area contributed by atoms with Crippen LogP contribution >= 0.6 is 0 Å². The van der Waals surface area contributed by atoms with Gasteiger partial charge in [0.05, 0.1) is 22.7 Å². The highest BCUT2D eigenvalue weighted by molar-refractivity contribution is 7.84. The van der Waals surface area contributed by atoms with Gasteiger partial charge in [0.25, 0.3) is 0 Å². The molecule has 0 aromatic heterocycles. The molecular formula is C7H17NO3S. The van der Waals surface area contributed by atoms with E-state index in [2.05, 4.69) is 12.2 Å². The maximum absolute atomic E-state index is 9.08. The fraction of sp³-hybridized carbons (Fsp3) is 1.00. The zero-order valence-electron chi connectivity index (χ0n) is 7.62. The molecule has 1 aliphatic heterocycles. The Labute approximate surface area is 74.1 Å². The lowest BCUT2D eigenvalue weighted by Crippen LogP contribution is -2.90. The highest BCUT2D eigenvalue weighted by atomic mass is 32.2. The van der Waals surface area contributed by atoms with Crippen LogP contribution in [0.2, 0.25) is 0 Å². The molecule has 0 amide bonds. The van der Waals surface area contributed by atoms with Gasteiger partial charge >= 0.3 is 0 Å². The molecular weight excluding hydrogens is 178 g/mol. The number of nitrogens with two attached hydrogens (primary N) is 1. The zero-order chi connectivity index (χ0) is 9.61. The topological polar surface area (TPSA) is 73.8 Å². The second kappa shape index (κ2) is 5.50. The summed E-state index contributed by atoms with van der Waals surface area (Å²) in [5.74, 6) is 0. The second-order valence-corrected chi connectivity index (χ2v) is 4.61. The van der Waals surface area contributed by atoms with Crippen LogP contribution < -0.4 is 5.32 Å². The fourth-order valence-corrected chi connectivity index (χ4v) is 1.13. The molecule has 1 rings (SSSR count). The van der Waals surface area contributed by atoms with Gasteiger partial charge in [0.1, 0.15) is 0 Å². The molecule has 0 aliphatic carbocycles. The minimum Gasteiger partial charge on any atom is -0.748 e. The van der Waals surface area contributed by atoms with Gasteiger partial charge in [0.15, 0.2) is 0 Å². The monoisotopic (exact) mass is 195 g/mol. The van der Waals surface area contributed by atoms with Gasteiger partial charge in [0, 0.05) is 6.26 Å². The van der Waals surface area contributed by atoms with Crippen LogP contribution in [-0.4, -0.2) is 31.8 Å². The average Bonchev–Trinajstić information content (AvgIpc) is 1.85. The molecule has 0 bridgehead atoms. The van der Waals surface area contributed by atoms with Crippen molar-refractivity contribution in [2.24, 2.45) is 0 Å². The van der Waals surface area contributed by atoms with Crippen molar-refractivity contribution >= 4 is 10.1 Å². The van der Waals surface area contributed by atoms with Crippen molar-refractivity contribution in [2.45, 2.75) is 32.2 Å². The van der Waals surface area contributed by atoms with E-state index in [1.165, 1.54) is 25.8 Å². The van der Waals surface area contributed by atoms with Gasteiger partial charge in [-0.15, -0.1) is 0 Å². The first kappa shape index (κ1) is 11.9. The summed E-state index contributed by atoms with van der Waals surface area (Å²) in [6, 6.07) is 0.911. The van der Waals surface area contributed by atoms with Crippen LogP contribution in [-0.2, 0) is 10.1 Å². The Bertz CT molecular complexity index is 187. The Morgan fingerprint density at radius 3 is 2.08 bits per heavy atom. The highest BCUT2D eigenvalue weighted by Crippen LogP contribution is 1.98. The van der Waals surface area contributed by atoms with Gasteiger partial charge < -0.3 is 9.87 Å². The standard InChI is InChI=1S/C6H13N.CH4O3S/c1-6-4-2-3-5-7-6;1-5(2,3)4/h6-7H,2-5H2,1H3;1H3,(H,2,3,4). The van der Waals surface area contributed by atoms with Crippen molar-refractivity contribution in [3.8, 4) is 0 Å². The van der Waals surface area contributed by atoms with Crippen molar-refractivity contribution in [1.82, 2.24) is 0 Å². The van der Waals surface area contributed by atoms with E-state index in [-0.39, 0.29) is 0 Å². The first-order chi connectivity index (χ1) is 5.39. The van der Waals surface area contributed by atoms with Crippen LogP contribution in [0.25, 0.3) is 0 Å². The van der Waals surface area contributed by atoms with Gasteiger partial charge in [-0.05, 0) is 26.2 Å². The molecule has 1 atom stereocenters. The summed E-state index contributed by atoms with van der Waals surface area (Å²) in [5.41, 5.74) is 0. The average molecular weight is 195 g/mol. The van der Waals surface area contributed by atoms with Crippen LogP contribution in [0.15, 0.2) is 0 Å². The van der Waals surface area contributed by atoms with Gasteiger partial charge in [-0.2, -0.15) is 0 Å². The molecule has 1 unspecified atom stereocenters. The SMILES string of the molecule is CC1CCCC[NH2+]1.CS(=O)(=O)[O-]. The molecule has 1 aliphatic rings. The second-order valence-electron chi connectivity index (χ2n) is 3.20. The van der Waals surface area contributed by atoms with Gasteiger partial charge in [-0.25, -0.2) is 8.42 Å². The van der Waals surface area contributed by atoms with Crippen molar-refractivity contribution in [2.75, 3.05) is 12.8 Å². The molecule has 2 N–H and O–H groups in total. The van der Waals surface area contributed by atoms with Gasteiger partial charge in [-0.3, -0.25) is 0 Å². The smallest absolute Gasteiger partial charge is 0.0916 e. The maximum atomic E-state index is 9.08. The molecule has 0 spiro atoms. The number of hydrogen-bond donors (Lipinski definition) is 1. The number of piperidine rings is 1. The normalized spacial score (nSPS) is 24.1. The van der Waals surface area contributed by atoms with Gasteiger partial charge in [-0.1, -0.05) is 0 Å². The Morgan fingerprint density at radius 2 is 1.92 bits per heavy atom. The Kier molecular flexibility index (Phi) is 5.44. The Hall–Kier alpha value is -0.130. The summed E-state index contributed by atoms with van der Waals surface area (Å²) in [6.45, 7) is 3.67. The minimum atomic E-state index is -3.92. The molecule has 12 heavy (non-hydrogen) atoms. The van der Waals surface area contributed by atoms with E-state index in [1.54, 1.807) is 0 Å². The van der Waals surface area contributed by atoms with E-state index in [9.17, 15) is 0 Å². The third-order valence-corrected chi connectivity index (χ3v) is 1.68. The summed E-state index contributed by atoms with van der Waals surface area (Å²) >= 11 is 0. The summed E-state index contributed by atoms with van der Waals surface area (Å²) in [6.07, 6.45) is 4.93. The Balaban J connectivity index is 0.000000217. The predicted molar refractivity (Wildman–Crippen MR) is 45.7 cm³/mol. The van der Waals surface area contributed by atoms with E-state index < -0.39 is 10.1 Å². The molecule has 0 aromatic carbocycles. The first-order valence-corrected chi connectivity index (χ1v) is 5.95. The lowest BCUT2D eigenvalue weighted by Gasteiger charge is -2.14. The first-order valence-electron chi connectivity index (χ1n) is 4.14. The largest absolute Gasteiger partial charge is 0.748 e. The van der Waals surface area contributed by atoms with Crippen molar-refractivity contribution < 1.29 is 18.3 Å². The van der Waals surface area contributed by atoms with E-state index in [0.717, 1.165) is 6.04 Å². The van der Waals surface area contributed by atoms with Crippen molar-refractivity contribution in [3.63, 3.8) is 0 Å². The quantitative estimate of drug-likeness (QED) is 0.519. The molecule has 5 heteroatoms. The van der Waals surface area contributed by atoms with Crippen LogP contribution in [0, 0.1) is 0 Å². The summed E-state index contributed by atoms with van der Waals surface area (Å²) in [5, 5.41) is 2.43. The molecule has 1 fully saturated rings. The number of quaternary nitrogens is 1. The van der Waals surface area contributed by atoms with Crippen molar-refractivity contribution in [1.29, 1.82) is 0 Å².